The molecule has 1 aliphatic heterocycles. The van der Waals surface area contributed by atoms with Gasteiger partial charge in [-0.25, -0.2) is 0 Å². The van der Waals surface area contributed by atoms with E-state index in [4.69, 9.17) is 10.3 Å². The van der Waals surface area contributed by atoms with Gasteiger partial charge in [-0.3, -0.25) is 4.99 Å². The molecule has 0 saturated heterocycles. The molecule has 0 amide bonds. The SMILES string of the molecule is Cc1cc(C#N)ccc1NC1=NC2(CCCC2)CS1. The number of nitrogens with zero attached hydrogens (tertiary/aromatic N) is 2. The number of rotatable bonds is 1. The maximum absolute atomic E-state index is 8.88. The van der Waals surface area contributed by atoms with Crippen LogP contribution >= 0.6 is 11.8 Å². The van der Waals surface area contributed by atoms with Crippen LogP contribution in [0, 0.1) is 18.3 Å². The second-order valence-electron chi connectivity index (χ2n) is 5.40. The summed E-state index contributed by atoms with van der Waals surface area (Å²) < 4.78 is 0. The van der Waals surface area contributed by atoms with E-state index in [2.05, 4.69) is 11.4 Å². The van der Waals surface area contributed by atoms with Crippen LogP contribution in [-0.4, -0.2) is 16.5 Å². The van der Waals surface area contributed by atoms with Crippen LogP contribution in [0.5, 0.6) is 0 Å². The minimum Gasteiger partial charge on any atom is -0.335 e. The number of aliphatic imine (C=N–C) groups is 1. The Morgan fingerprint density at radius 1 is 1.37 bits per heavy atom. The largest absolute Gasteiger partial charge is 0.335 e. The number of nitrogens with one attached hydrogen (secondary N) is 1. The average molecular weight is 271 g/mol. The van der Waals surface area contributed by atoms with Gasteiger partial charge >= 0.3 is 0 Å². The predicted octanol–water partition coefficient (Wildman–Crippen LogP) is 3.69. The molecule has 0 radical (unpaired) electrons. The summed E-state index contributed by atoms with van der Waals surface area (Å²) in [6.07, 6.45) is 5.09. The average Bonchev–Trinajstić information content (AvgIpc) is 3.03. The van der Waals surface area contributed by atoms with Gasteiger partial charge < -0.3 is 5.32 Å². The number of thioether (sulfide) groups is 1. The van der Waals surface area contributed by atoms with Crippen LogP contribution in [0.1, 0.15) is 36.8 Å². The van der Waals surface area contributed by atoms with Crippen molar-refractivity contribution in [3.05, 3.63) is 29.3 Å². The van der Waals surface area contributed by atoms with Crippen molar-refractivity contribution in [2.45, 2.75) is 38.1 Å². The fourth-order valence-electron chi connectivity index (χ4n) is 2.82. The molecule has 0 bridgehead atoms. The van der Waals surface area contributed by atoms with Crippen LogP contribution in [0.15, 0.2) is 23.2 Å². The molecule has 4 heteroatoms. The highest BCUT2D eigenvalue weighted by Gasteiger charge is 2.38. The molecule has 1 saturated carbocycles. The summed E-state index contributed by atoms with van der Waals surface area (Å²) in [5, 5.41) is 13.3. The number of hydrogen-bond acceptors (Lipinski definition) is 4. The first-order valence-corrected chi connectivity index (χ1v) is 7.70. The summed E-state index contributed by atoms with van der Waals surface area (Å²) in [5.74, 6) is 1.12. The highest BCUT2D eigenvalue weighted by atomic mass is 32.2. The fraction of sp³-hybridized carbons (Fsp3) is 0.467. The summed E-state index contributed by atoms with van der Waals surface area (Å²) in [5.41, 5.74) is 3.07. The first-order valence-electron chi connectivity index (χ1n) is 6.71. The fourth-order valence-corrected chi connectivity index (χ4v) is 4.02. The van der Waals surface area contributed by atoms with Crippen molar-refractivity contribution in [2.75, 3.05) is 11.1 Å². The van der Waals surface area contributed by atoms with E-state index in [-0.39, 0.29) is 5.54 Å². The lowest BCUT2D eigenvalue weighted by atomic mass is 10.0. The van der Waals surface area contributed by atoms with E-state index in [0.29, 0.717) is 5.56 Å². The van der Waals surface area contributed by atoms with E-state index in [1.807, 2.05) is 36.9 Å². The van der Waals surface area contributed by atoms with Crippen LogP contribution in [0.2, 0.25) is 0 Å². The normalized spacial score (nSPS) is 20.3. The van der Waals surface area contributed by atoms with Crippen LogP contribution < -0.4 is 5.32 Å². The first kappa shape index (κ1) is 12.6. The van der Waals surface area contributed by atoms with E-state index in [0.717, 1.165) is 22.2 Å². The van der Waals surface area contributed by atoms with Gasteiger partial charge in [-0.05, 0) is 43.5 Å². The number of hydrogen-bond donors (Lipinski definition) is 1. The zero-order valence-electron chi connectivity index (χ0n) is 11.1. The Labute approximate surface area is 118 Å². The van der Waals surface area contributed by atoms with Gasteiger partial charge in [0.2, 0.25) is 0 Å². The van der Waals surface area contributed by atoms with Crippen molar-refractivity contribution in [1.82, 2.24) is 0 Å². The third-order valence-electron chi connectivity index (χ3n) is 3.95. The molecule has 0 aromatic heterocycles. The van der Waals surface area contributed by atoms with E-state index in [1.54, 1.807) is 0 Å². The molecule has 2 aliphatic rings. The van der Waals surface area contributed by atoms with Crippen molar-refractivity contribution in [1.29, 1.82) is 5.26 Å². The molecule has 3 rings (SSSR count). The van der Waals surface area contributed by atoms with E-state index < -0.39 is 0 Å². The summed E-state index contributed by atoms with van der Waals surface area (Å²) in [6.45, 7) is 2.02. The van der Waals surface area contributed by atoms with Crippen molar-refractivity contribution in [3.8, 4) is 6.07 Å². The third kappa shape index (κ3) is 2.48. The molecule has 1 aliphatic carbocycles. The molecular formula is C15H17N3S. The van der Waals surface area contributed by atoms with Crippen LogP contribution in [-0.2, 0) is 0 Å². The molecule has 0 unspecified atom stereocenters. The lowest BCUT2D eigenvalue weighted by Gasteiger charge is -2.16. The monoisotopic (exact) mass is 271 g/mol. The van der Waals surface area contributed by atoms with Gasteiger partial charge in [0, 0.05) is 11.4 Å². The van der Waals surface area contributed by atoms with Gasteiger partial charge in [-0.15, -0.1) is 0 Å². The Morgan fingerprint density at radius 2 is 2.16 bits per heavy atom. The summed E-state index contributed by atoms with van der Waals surface area (Å²) >= 11 is 1.83. The van der Waals surface area contributed by atoms with Gasteiger partial charge in [0.15, 0.2) is 5.17 Å². The van der Waals surface area contributed by atoms with Crippen LogP contribution in [0.4, 0.5) is 5.69 Å². The molecule has 1 spiro atoms. The lowest BCUT2D eigenvalue weighted by Crippen LogP contribution is -2.21. The second kappa shape index (κ2) is 4.90. The van der Waals surface area contributed by atoms with E-state index >= 15 is 0 Å². The van der Waals surface area contributed by atoms with E-state index in [9.17, 15) is 0 Å². The number of amidine groups is 1. The van der Waals surface area contributed by atoms with Crippen LogP contribution in [0.25, 0.3) is 0 Å². The quantitative estimate of drug-likeness (QED) is 0.847. The highest BCUT2D eigenvalue weighted by molar-refractivity contribution is 8.14. The Kier molecular flexibility index (Phi) is 3.24. The highest BCUT2D eigenvalue weighted by Crippen LogP contribution is 2.41. The molecule has 19 heavy (non-hydrogen) atoms. The minimum absolute atomic E-state index is 0.216. The third-order valence-corrected chi connectivity index (χ3v) is 5.10. The summed E-state index contributed by atoms with van der Waals surface area (Å²) in [4.78, 5) is 4.90. The summed E-state index contributed by atoms with van der Waals surface area (Å²) in [7, 11) is 0. The van der Waals surface area contributed by atoms with Crippen molar-refractivity contribution in [3.63, 3.8) is 0 Å². The maximum Gasteiger partial charge on any atom is 0.161 e. The van der Waals surface area contributed by atoms with Gasteiger partial charge in [0.25, 0.3) is 0 Å². The molecule has 1 aromatic carbocycles. The predicted molar refractivity (Wildman–Crippen MR) is 80.6 cm³/mol. The molecule has 0 atom stereocenters. The van der Waals surface area contributed by atoms with Crippen LogP contribution in [0.3, 0.4) is 0 Å². The maximum atomic E-state index is 8.88. The summed E-state index contributed by atoms with van der Waals surface area (Å²) in [6, 6.07) is 7.89. The molecule has 1 fully saturated rings. The minimum atomic E-state index is 0.216. The molecule has 1 aromatic rings. The smallest absolute Gasteiger partial charge is 0.161 e. The van der Waals surface area contributed by atoms with Gasteiger partial charge in [-0.2, -0.15) is 5.26 Å². The van der Waals surface area contributed by atoms with Crippen molar-refractivity contribution >= 4 is 22.6 Å². The number of nitriles is 1. The standard InChI is InChI=1S/C15H17N3S/c1-11-8-12(9-16)4-5-13(11)17-14-18-15(10-19-14)6-2-3-7-15/h4-5,8H,2-3,6-7,10H2,1H3,(H,17,18). The molecule has 1 N–H and O–H groups in total. The number of benzene rings is 1. The first-order chi connectivity index (χ1) is 9.21. The van der Waals surface area contributed by atoms with Gasteiger partial charge in [0.05, 0.1) is 17.2 Å². The Balaban J connectivity index is 1.77. The zero-order valence-corrected chi connectivity index (χ0v) is 11.9. The lowest BCUT2D eigenvalue weighted by molar-refractivity contribution is 0.508. The number of anilines is 1. The van der Waals surface area contributed by atoms with E-state index in [1.165, 1.54) is 25.7 Å². The van der Waals surface area contributed by atoms with Crippen molar-refractivity contribution in [2.24, 2.45) is 4.99 Å². The molecule has 1 heterocycles. The topological polar surface area (TPSA) is 48.2 Å². The Bertz CT molecular complexity index is 565. The molecule has 3 nitrogen and oxygen atoms in total. The second-order valence-corrected chi connectivity index (χ2v) is 6.37. The van der Waals surface area contributed by atoms with Gasteiger partial charge in [-0.1, -0.05) is 24.6 Å². The Morgan fingerprint density at radius 3 is 2.84 bits per heavy atom. The number of aryl methyl sites for hydroxylation is 1. The zero-order chi connectivity index (χ0) is 13.3. The molecular weight excluding hydrogens is 254 g/mol. The van der Waals surface area contributed by atoms with Crippen molar-refractivity contribution < 1.29 is 0 Å². The van der Waals surface area contributed by atoms with Gasteiger partial charge in [0.1, 0.15) is 0 Å². The Hall–Kier alpha value is -1.47. The molecule has 98 valence electrons.